The van der Waals surface area contributed by atoms with Crippen LogP contribution in [0, 0.1) is 11.8 Å². The molecule has 1 aromatic heterocycles. The number of nitrogens with zero attached hydrogens (tertiary/aromatic N) is 2. The van der Waals surface area contributed by atoms with Gasteiger partial charge in [0.2, 0.25) is 5.89 Å². The molecule has 0 aliphatic carbocycles. The van der Waals surface area contributed by atoms with Gasteiger partial charge in [0.1, 0.15) is 0 Å². The fourth-order valence-electron chi connectivity index (χ4n) is 2.93. The highest BCUT2D eigenvalue weighted by Crippen LogP contribution is 2.35. The second-order valence-electron chi connectivity index (χ2n) is 5.77. The maximum atomic E-state index is 5.48. The smallest absolute Gasteiger partial charge is 0.226 e. The molecule has 0 aromatic carbocycles. The minimum atomic E-state index is 0.429. The van der Waals surface area contributed by atoms with E-state index in [0.717, 1.165) is 36.4 Å². The molecule has 2 saturated heterocycles. The lowest BCUT2D eigenvalue weighted by molar-refractivity contribution is 0.256. The molecule has 1 aromatic rings. The lowest BCUT2D eigenvalue weighted by atomic mass is 9.85. The van der Waals surface area contributed by atoms with Gasteiger partial charge in [0.05, 0.1) is 5.25 Å². The fourth-order valence-corrected chi connectivity index (χ4v) is 5.51. The van der Waals surface area contributed by atoms with E-state index < -0.39 is 0 Å². The number of aromatic nitrogens is 2. The predicted molar refractivity (Wildman–Crippen MR) is 85.3 cm³/mol. The summed E-state index contributed by atoms with van der Waals surface area (Å²) in [6.45, 7) is 4.62. The average molecular weight is 313 g/mol. The zero-order valence-electron chi connectivity index (χ0n) is 12.0. The molecule has 4 nitrogen and oxygen atoms in total. The van der Waals surface area contributed by atoms with Crippen LogP contribution in [-0.2, 0) is 6.42 Å². The number of hydrogen-bond acceptors (Lipinski definition) is 6. The zero-order valence-corrected chi connectivity index (χ0v) is 13.6. The Morgan fingerprint density at radius 3 is 3.15 bits per heavy atom. The molecule has 112 valence electrons. The maximum Gasteiger partial charge on any atom is 0.226 e. The van der Waals surface area contributed by atoms with Gasteiger partial charge < -0.3 is 9.84 Å². The molecule has 1 N–H and O–H groups in total. The Morgan fingerprint density at radius 1 is 1.45 bits per heavy atom. The van der Waals surface area contributed by atoms with Crippen LogP contribution in [0.4, 0.5) is 0 Å². The standard InChI is InChI=1S/C14H23N3OS2/c1-10(11-3-2-4-15-8-11)7-13-16-14(17-18-13)12-9-19-5-6-20-12/h10-12,15H,2-9H2,1H3. The van der Waals surface area contributed by atoms with Gasteiger partial charge in [-0.3, -0.25) is 0 Å². The third kappa shape index (κ3) is 3.71. The molecule has 3 heterocycles. The van der Waals surface area contributed by atoms with Crippen LogP contribution in [-0.4, -0.2) is 40.5 Å². The molecule has 6 heteroatoms. The second kappa shape index (κ2) is 7.18. The Labute approximate surface area is 129 Å². The van der Waals surface area contributed by atoms with Gasteiger partial charge in [0.15, 0.2) is 5.82 Å². The molecular formula is C14H23N3OS2. The van der Waals surface area contributed by atoms with Crippen molar-refractivity contribution in [1.82, 2.24) is 15.5 Å². The fraction of sp³-hybridized carbons (Fsp3) is 0.857. The van der Waals surface area contributed by atoms with Gasteiger partial charge in [0, 0.05) is 23.7 Å². The lowest BCUT2D eigenvalue weighted by Crippen LogP contribution is -2.33. The van der Waals surface area contributed by atoms with Crippen molar-refractivity contribution < 1.29 is 4.52 Å². The van der Waals surface area contributed by atoms with E-state index in [1.54, 1.807) is 0 Å². The summed E-state index contributed by atoms with van der Waals surface area (Å²) < 4.78 is 5.48. The first kappa shape index (κ1) is 14.7. The molecule has 0 amide bonds. The van der Waals surface area contributed by atoms with E-state index in [-0.39, 0.29) is 0 Å². The van der Waals surface area contributed by atoms with Crippen molar-refractivity contribution in [1.29, 1.82) is 0 Å². The molecule has 0 radical (unpaired) electrons. The molecule has 3 rings (SSSR count). The Balaban J connectivity index is 1.56. The highest BCUT2D eigenvalue weighted by Gasteiger charge is 2.25. The Kier molecular flexibility index (Phi) is 5.29. The first-order valence-corrected chi connectivity index (χ1v) is 9.76. The van der Waals surface area contributed by atoms with Gasteiger partial charge in [-0.2, -0.15) is 16.7 Å². The summed E-state index contributed by atoms with van der Waals surface area (Å²) in [4.78, 5) is 4.64. The molecular weight excluding hydrogens is 290 g/mol. The van der Waals surface area contributed by atoms with E-state index >= 15 is 0 Å². The number of hydrogen-bond donors (Lipinski definition) is 1. The van der Waals surface area contributed by atoms with Crippen molar-refractivity contribution in [2.45, 2.75) is 31.4 Å². The quantitative estimate of drug-likeness (QED) is 0.922. The predicted octanol–water partition coefficient (Wildman–Crippen LogP) is 2.77. The summed E-state index contributed by atoms with van der Waals surface area (Å²) >= 11 is 3.95. The summed E-state index contributed by atoms with van der Waals surface area (Å²) in [6.07, 6.45) is 3.54. The number of piperidine rings is 1. The van der Waals surface area contributed by atoms with Crippen LogP contribution in [0.25, 0.3) is 0 Å². The van der Waals surface area contributed by atoms with Crippen molar-refractivity contribution in [2.75, 3.05) is 30.3 Å². The minimum absolute atomic E-state index is 0.429. The van der Waals surface area contributed by atoms with Gasteiger partial charge in [-0.1, -0.05) is 12.1 Å². The molecule has 2 aliphatic heterocycles. The first-order valence-electron chi connectivity index (χ1n) is 7.55. The van der Waals surface area contributed by atoms with Gasteiger partial charge in [0.25, 0.3) is 0 Å². The minimum Gasteiger partial charge on any atom is -0.339 e. The van der Waals surface area contributed by atoms with Gasteiger partial charge in [-0.05, 0) is 37.8 Å². The number of rotatable bonds is 4. The molecule has 20 heavy (non-hydrogen) atoms. The first-order chi connectivity index (χ1) is 9.83. The molecule has 0 bridgehead atoms. The van der Waals surface area contributed by atoms with Crippen molar-refractivity contribution in [2.24, 2.45) is 11.8 Å². The molecule has 2 aliphatic rings. The van der Waals surface area contributed by atoms with Crippen LogP contribution < -0.4 is 5.32 Å². The SMILES string of the molecule is CC(Cc1nc(C2CSCCS2)no1)C1CCCNC1. The van der Waals surface area contributed by atoms with Crippen LogP contribution in [0.3, 0.4) is 0 Å². The third-order valence-corrected chi connectivity index (χ3v) is 6.97. The van der Waals surface area contributed by atoms with E-state index in [0.29, 0.717) is 11.2 Å². The summed E-state index contributed by atoms with van der Waals surface area (Å²) in [5, 5.41) is 8.12. The highest BCUT2D eigenvalue weighted by atomic mass is 32.2. The van der Waals surface area contributed by atoms with Gasteiger partial charge in [-0.15, -0.1) is 11.8 Å². The van der Waals surface area contributed by atoms with Crippen LogP contribution in [0.1, 0.15) is 36.7 Å². The summed E-state index contributed by atoms with van der Waals surface area (Å²) in [5.41, 5.74) is 0. The zero-order chi connectivity index (χ0) is 13.8. The monoisotopic (exact) mass is 313 g/mol. The number of thioether (sulfide) groups is 2. The highest BCUT2D eigenvalue weighted by molar-refractivity contribution is 8.06. The second-order valence-corrected chi connectivity index (χ2v) is 8.23. The Morgan fingerprint density at radius 2 is 2.40 bits per heavy atom. The molecule has 2 fully saturated rings. The summed E-state index contributed by atoms with van der Waals surface area (Å²) in [7, 11) is 0. The Bertz CT molecular complexity index is 414. The average Bonchev–Trinajstić information content (AvgIpc) is 2.97. The van der Waals surface area contributed by atoms with Crippen LogP contribution in [0.2, 0.25) is 0 Å². The van der Waals surface area contributed by atoms with E-state index in [2.05, 4.69) is 22.4 Å². The molecule has 0 saturated carbocycles. The van der Waals surface area contributed by atoms with Gasteiger partial charge >= 0.3 is 0 Å². The van der Waals surface area contributed by atoms with E-state index in [1.165, 1.54) is 30.9 Å². The van der Waals surface area contributed by atoms with Gasteiger partial charge in [-0.25, -0.2) is 0 Å². The molecule has 3 unspecified atom stereocenters. The largest absolute Gasteiger partial charge is 0.339 e. The Hall–Kier alpha value is -0.200. The van der Waals surface area contributed by atoms with E-state index in [9.17, 15) is 0 Å². The van der Waals surface area contributed by atoms with Crippen LogP contribution in [0.15, 0.2) is 4.52 Å². The normalized spacial score (nSPS) is 29.2. The van der Waals surface area contributed by atoms with E-state index in [1.807, 2.05) is 23.5 Å². The molecule has 3 atom stereocenters. The topological polar surface area (TPSA) is 51.0 Å². The van der Waals surface area contributed by atoms with E-state index in [4.69, 9.17) is 4.52 Å². The van der Waals surface area contributed by atoms with Crippen LogP contribution in [0.5, 0.6) is 0 Å². The third-order valence-electron chi connectivity index (χ3n) is 4.22. The van der Waals surface area contributed by atoms with Crippen molar-refractivity contribution >= 4 is 23.5 Å². The van der Waals surface area contributed by atoms with Crippen molar-refractivity contribution in [3.63, 3.8) is 0 Å². The summed E-state index contributed by atoms with van der Waals surface area (Å²) in [6, 6.07) is 0. The van der Waals surface area contributed by atoms with Crippen molar-refractivity contribution in [3.8, 4) is 0 Å². The summed E-state index contributed by atoms with van der Waals surface area (Å²) in [5.74, 6) is 6.66. The molecule has 0 spiro atoms. The maximum absolute atomic E-state index is 5.48. The lowest BCUT2D eigenvalue weighted by Gasteiger charge is -2.27. The van der Waals surface area contributed by atoms with Crippen molar-refractivity contribution in [3.05, 3.63) is 11.7 Å². The van der Waals surface area contributed by atoms with Crippen LogP contribution >= 0.6 is 23.5 Å². The number of nitrogens with one attached hydrogen (secondary N) is 1.